The van der Waals surface area contributed by atoms with Crippen LogP contribution in [0.4, 0.5) is 4.39 Å². The number of hydrogen-bond donors (Lipinski definition) is 1. The molecule has 1 aromatic heterocycles. The second kappa shape index (κ2) is 4.98. The van der Waals surface area contributed by atoms with Crippen molar-refractivity contribution in [2.75, 3.05) is 7.05 Å². The van der Waals surface area contributed by atoms with Crippen LogP contribution in [-0.4, -0.2) is 7.05 Å². The Morgan fingerprint density at radius 1 is 1.24 bits per heavy atom. The summed E-state index contributed by atoms with van der Waals surface area (Å²) in [6, 6.07) is 7.28. The molecule has 0 aliphatic carbocycles. The lowest BCUT2D eigenvalue weighted by Gasteiger charge is -2.18. The topological polar surface area (TPSA) is 12.0 Å². The van der Waals surface area contributed by atoms with E-state index in [1.807, 2.05) is 20.0 Å². The summed E-state index contributed by atoms with van der Waals surface area (Å²) in [5.74, 6) is -0.178. The van der Waals surface area contributed by atoms with Gasteiger partial charge < -0.3 is 5.32 Å². The van der Waals surface area contributed by atoms with E-state index < -0.39 is 0 Å². The lowest BCUT2D eigenvalue weighted by atomic mass is 9.97. The smallest absolute Gasteiger partial charge is 0.123 e. The zero-order valence-corrected chi connectivity index (χ0v) is 11.1. The van der Waals surface area contributed by atoms with Crippen LogP contribution in [0, 0.1) is 19.7 Å². The van der Waals surface area contributed by atoms with Crippen molar-refractivity contribution in [3.8, 4) is 0 Å². The lowest BCUT2D eigenvalue weighted by Crippen LogP contribution is -2.18. The Morgan fingerprint density at radius 3 is 2.53 bits per heavy atom. The third-order valence-electron chi connectivity index (χ3n) is 2.92. The average Bonchev–Trinajstić information content (AvgIpc) is 2.69. The van der Waals surface area contributed by atoms with E-state index in [0.29, 0.717) is 0 Å². The summed E-state index contributed by atoms with van der Waals surface area (Å²) in [6.45, 7) is 4.04. The standard InChI is InChI=1S/C14H16FNS/c1-9-6-12(15)4-5-13(9)14(16-3)11-7-10(2)17-8-11/h4-8,14,16H,1-3H3. The molecule has 0 spiro atoms. The summed E-state index contributed by atoms with van der Waals surface area (Å²) in [5.41, 5.74) is 3.35. The van der Waals surface area contributed by atoms with Crippen molar-refractivity contribution in [1.82, 2.24) is 5.32 Å². The molecule has 1 unspecified atom stereocenters. The van der Waals surface area contributed by atoms with Crippen LogP contribution in [0.15, 0.2) is 29.6 Å². The highest BCUT2D eigenvalue weighted by molar-refractivity contribution is 7.10. The van der Waals surface area contributed by atoms with E-state index in [2.05, 4.69) is 23.7 Å². The SMILES string of the molecule is CNC(c1csc(C)c1)c1ccc(F)cc1C. The number of halogens is 1. The van der Waals surface area contributed by atoms with Crippen LogP contribution >= 0.6 is 11.3 Å². The highest BCUT2D eigenvalue weighted by Crippen LogP contribution is 2.28. The fourth-order valence-electron chi connectivity index (χ4n) is 2.08. The van der Waals surface area contributed by atoms with Gasteiger partial charge in [-0.15, -0.1) is 11.3 Å². The number of nitrogens with one attached hydrogen (secondary N) is 1. The van der Waals surface area contributed by atoms with Crippen molar-refractivity contribution < 1.29 is 4.39 Å². The van der Waals surface area contributed by atoms with Crippen LogP contribution in [0.5, 0.6) is 0 Å². The molecule has 1 heterocycles. The van der Waals surface area contributed by atoms with Gasteiger partial charge in [0.25, 0.3) is 0 Å². The zero-order valence-electron chi connectivity index (χ0n) is 10.3. The quantitative estimate of drug-likeness (QED) is 0.872. The van der Waals surface area contributed by atoms with E-state index in [1.165, 1.54) is 16.5 Å². The first kappa shape index (κ1) is 12.3. The van der Waals surface area contributed by atoms with Crippen molar-refractivity contribution in [3.05, 3.63) is 57.0 Å². The van der Waals surface area contributed by atoms with E-state index >= 15 is 0 Å². The summed E-state index contributed by atoms with van der Waals surface area (Å²) in [4.78, 5) is 1.29. The molecule has 0 aliphatic heterocycles. The molecule has 0 amide bonds. The number of hydrogen-bond acceptors (Lipinski definition) is 2. The van der Waals surface area contributed by atoms with Gasteiger partial charge in [0.1, 0.15) is 5.82 Å². The van der Waals surface area contributed by atoms with Crippen LogP contribution in [0.25, 0.3) is 0 Å². The highest BCUT2D eigenvalue weighted by atomic mass is 32.1. The third-order valence-corrected chi connectivity index (χ3v) is 3.80. The molecule has 0 bridgehead atoms. The molecule has 0 saturated carbocycles. The van der Waals surface area contributed by atoms with E-state index in [9.17, 15) is 4.39 Å². The Kier molecular flexibility index (Phi) is 3.60. The molecule has 90 valence electrons. The molecule has 1 atom stereocenters. The number of thiophene rings is 1. The van der Waals surface area contributed by atoms with Crippen molar-refractivity contribution >= 4 is 11.3 Å². The van der Waals surface area contributed by atoms with E-state index in [1.54, 1.807) is 17.4 Å². The molecule has 17 heavy (non-hydrogen) atoms. The monoisotopic (exact) mass is 249 g/mol. The predicted octanol–water partition coefficient (Wildman–Crippen LogP) is 3.81. The second-order valence-corrected chi connectivity index (χ2v) is 5.33. The maximum Gasteiger partial charge on any atom is 0.123 e. The Morgan fingerprint density at radius 2 is 2.00 bits per heavy atom. The molecule has 2 aromatic rings. The fraction of sp³-hybridized carbons (Fsp3) is 0.286. The number of aryl methyl sites for hydroxylation is 2. The van der Waals surface area contributed by atoms with E-state index in [0.717, 1.165) is 11.1 Å². The molecule has 3 heteroatoms. The molecule has 0 saturated heterocycles. The van der Waals surface area contributed by atoms with Gasteiger partial charge in [0.15, 0.2) is 0 Å². The van der Waals surface area contributed by atoms with E-state index in [4.69, 9.17) is 0 Å². The van der Waals surface area contributed by atoms with Crippen molar-refractivity contribution in [1.29, 1.82) is 0 Å². The summed E-state index contributed by atoms with van der Waals surface area (Å²) in [5, 5.41) is 5.44. The van der Waals surface area contributed by atoms with Crippen LogP contribution in [0.3, 0.4) is 0 Å². The average molecular weight is 249 g/mol. The molecule has 0 radical (unpaired) electrons. The van der Waals surface area contributed by atoms with Gasteiger partial charge in [0.2, 0.25) is 0 Å². The van der Waals surface area contributed by atoms with Gasteiger partial charge in [-0.25, -0.2) is 4.39 Å². The Labute approximate surface area is 105 Å². The van der Waals surface area contributed by atoms with Crippen molar-refractivity contribution in [2.45, 2.75) is 19.9 Å². The van der Waals surface area contributed by atoms with Gasteiger partial charge >= 0.3 is 0 Å². The summed E-state index contributed by atoms with van der Waals surface area (Å²) < 4.78 is 13.1. The summed E-state index contributed by atoms with van der Waals surface area (Å²) >= 11 is 1.74. The normalized spacial score (nSPS) is 12.7. The lowest BCUT2D eigenvalue weighted by molar-refractivity contribution is 0.621. The van der Waals surface area contributed by atoms with Crippen LogP contribution in [0.2, 0.25) is 0 Å². The molecule has 0 fully saturated rings. The molecule has 0 aliphatic rings. The van der Waals surface area contributed by atoms with Crippen LogP contribution in [0.1, 0.15) is 27.6 Å². The van der Waals surface area contributed by atoms with Gasteiger partial charge in [-0.05, 0) is 61.2 Å². The maximum absolute atomic E-state index is 13.1. The Balaban J connectivity index is 2.42. The molecule has 1 aromatic carbocycles. The zero-order chi connectivity index (χ0) is 12.4. The predicted molar refractivity (Wildman–Crippen MR) is 71.1 cm³/mol. The summed E-state index contributed by atoms with van der Waals surface area (Å²) in [6.07, 6.45) is 0. The second-order valence-electron chi connectivity index (χ2n) is 4.21. The first-order valence-corrected chi connectivity index (χ1v) is 6.48. The van der Waals surface area contributed by atoms with Crippen LogP contribution < -0.4 is 5.32 Å². The Hall–Kier alpha value is -1.19. The number of rotatable bonds is 3. The van der Waals surface area contributed by atoms with Gasteiger partial charge in [-0.3, -0.25) is 0 Å². The molecular weight excluding hydrogens is 233 g/mol. The molecular formula is C14H16FNS. The summed E-state index contributed by atoms with van der Waals surface area (Å²) in [7, 11) is 1.93. The number of benzene rings is 1. The van der Waals surface area contributed by atoms with Crippen LogP contribution in [-0.2, 0) is 0 Å². The largest absolute Gasteiger partial charge is 0.309 e. The maximum atomic E-state index is 13.1. The molecule has 1 N–H and O–H groups in total. The highest BCUT2D eigenvalue weighted by Gasteiger charge is 2.15. The minimum atomic E-state index is -0.178. The van der Waals surface area contributed by atoms with Gasteiger partial charge in [0.05, 0.1) is 6.04 Å². The first-order chi connectivity index (χ1) is 8.11. The third kappa shape index (κ3) is 2.56. The van der Waals surface area contributed by atoms with Crippen molar-refractivity contribution in [3.63, 3.8) is 0 Å². The van der Waals surface area contributed by atoms with Gasteiger partial charge in [-0.2, -0.15) is 0 Å². The minimum absolute atomic E-state index is 0.139. The van der Waals surface area contributed by atoms with Gasteiger partial charge in [0, 0.05) is 4.88 Å². The first-order valence-electron chi connectivity index (χ1n) is 5.60. The van der Waals surface area contributed by atoms with Gasteiger partial charge in [-0.1, -0.05) is 6.07 Å². The molecule has 2 rings (SSSR count). The Bertz CT molecular complexity index is 519. The van der Waals surface area contributed by atoms with Crippen molar-refractivity contribution in [2.24, 2.45) is 0 Å². The minimum Gasteiger partial charge on any atom is -0.309 e. The van der Waals surface area contributed by atoms with E-state index in [-0.39, 0.29) is 11.9 Å². The fourth-order valence-corrected chi connectivity index (χ4v) is 2.81. The molecule has 1 nitrogen and oxygen atoms in total.